The summed E-state index contributed by atoms with van der Waals surface area (Å²) >= 11 is 0. The van der Waals surface area contributed by atoms with Crippen molar-refractivity contribution >= 4 is 24.9 Å². The van der Waals surface area contributed by atoms with Gasteiger partial charge >= 0.3 is 0 Å². The van der Waals surface area contributed by atoms with Crippen LogP contribution in [-0.2, 0) is 0 Å². The minimum Gasteiger partial charge on any atom is -0.542 e. The van der Waals surface area contributed by atoms with Crippen molar-refractivity contribution in [3.8, 4) is 5.75 Å². The third-order valence-corrected chi connectivity index (χ3v) is 8.27. The first-order chi connectivity index (χ1) is 8.71. The van der Waals surface area contributed by atoms with Crippen LogP contribution in [0.5, 0.6) is 5.75 Å². The van der Waals surface area contributed by atoms with Crippen LogP contribution in [0.4, 0.5) is 5.69 Å². The van der Waals surface area contributed by atoms with Crippen molar-refractivity contribution in [1.29, 1.82) is 0 Å². The van der Waals surface area contributed by atoms with Crippen molar-refractivity contribution in [2.45, 2.75) is 38.9 Å². The standard InChI is InChI=1S/C15H22N2OSi/c1-15(2,3)19(4,5)18-11-9-12-13(16)7-6-8-14(12)17-10-11/h6-10H,16H2,1-5H3. The van der Waals surface area contributed by atoms with E-state index in [-0.39, 0.29) is 5.04 Å². The maximum absolute atomic E-state index is 6.25. The highest BCUT2D eigenvalue weighted by Gasteiger charge is 2.39. The van der Waals surface area contributed by atoms with Crippen molar-refractivity contribution in [3.63, 3.8) is 0 Å². The van der Waals surface area contributed by atoms with Crippen LogP contribution in [0.3, 0.4) is 0 Å². The highest BCUT2D eigenvalue weighted by molar-refractivity contribution is 6.74. The van der Waals surface area contributed by atoms with Gasteiger partial charge in [0.25, 0.3) is 8.32 Å². The molecule has 4 heteroatoms. The zero-order chi connectivity index (χ0) is 14.3. The third kappa shape index (κ3) is 2.73. The summed E-state index contributed by atoms with van der Waals surface area (Å²) in [5.41, 5.74) is 7.64. The second-order valence-electron chi connectivity index (χ2n) is 6.45. The molecule has 2 aromatic rings. The van der Waals surface area contributed by atoms with E-state index in [1.165, 1.54) is 0 Å². The van der Waals surface area contributed by atoms with Crippen LogP contribution in [0.25, 0.3) is 10.9 Å². The Kier molecular flexibility index (Phi) is 3.30. The number of nitrogen functional groups attached to an aromatic ring is 1. The fourth-order valence-electron chi connectivity index (χ4n) is 1.66. The molecule has 3 nitrogen and oxygen atoms in total. The normalized spacial score (nSPS) is 12.7. The molecule has 0 saturated carbocycles. The number of hydrogen-bond acceptors (Lipinski definition) is 3. The van der Waals surface area contributed by atoms with Crippen LogP contribution in [0, 0.1) is 0 Å². The molecule has 0 aliphatic rings. The van der Waals surface area contributed by atoms with Gasteiger partial charge < -0.3 is 10.2 Å². The molecule has 102 valence electrons. The van der Waals surface area contributed by atoms with Crippen LogP contribution >= 0.6 is 0 Å². The quantitative estimate of drug-likeness (QED) is 0.659. The van der Waals surface area contributed by atoms with Crippen LogP contribution in [0.1, 0.15) is 20.8 Å². The third-order valence-electron chi connectivity index (χ3n) is 3.91. The van der Waals surface area contributed by atoms with E-state index in [1.807, 2.05) is 24.3 Å². The van der Waals surface area contributed by atoms with E-state index in [4.69, 9.17) is 10.2 Å². The Labute approximate surface area is 115 Å². The predicted octanol–water partition coefficient (Wildman–Crippen LogP) is 4.20. The van der Waals surface area contributed by atoms with Gasteiger partial charge in [0.05, 0.1) is 11.7 Å². The monoisotopic (exact) mass is 274 g/mol. The summed E-state index contributed by atoms with van der Waals surface area (Å²) < 4.78 is 6.25. The van der Waals surface area contributed by atoms with Crippen molar-refractivity contribution < 1.29 is 4.43 Å². The lowest BCUT2D eigenvalue weighted by Gasteiger charge is -2.36. The molecule has 1 aromatic heterocycles. The lowest BCUT2D eigenvalue weighted by atomic mass is 10.2. The van der Waals surface area contributed by atoms with Gasteiger partial charge in [0.1, 0.15) is 5.75 Å². The highest BCUT2D eigenvalue weighted by Crippen LogP contribution is 2.37. The molecular weight excluding hydrogens is 252 g/mol. The van der Waals surface area contributed by atoms with E-state index in [9.17, 15) is 0 Å². The van der Waals surface area contributed by atoms with Gasteiger partial charge in [0.2, 0.25) is 0 Å². The number of fused-ring (bicyclic) bond motifs is 1. The van der Waals surface area contributed by atoms with E-state index in [1.54, 1.807) is 6.20 Å². The Balaban J connectivity index is 2.40. The molecule has 0 radical (unpaired) electrons. The molecular formula is C15H22N2OSi. The minimum atomic E-state index is -1.83. The van der Waals surface area contributed by atoms with Crippen LogP contribution in [0.15, 0.2) is 30.5 Å². The van der Waals surface area contributed by atoms with Crippen molar-refractivity contribution in [1.82, 2.24) is 4.98 Å². The van der Waals surface area contributed by atoms with E-state index in [2.05, 4.69) is 38.8 Å². The van der Waals surface area contributed by atoms with E-state index in [0.29, 0.717) is 0 Å². The lowest BCUT2D eigenvalue weighted by molar-refractivity contribution is 0.491. The molecule has 1 heterocycles. The molecule has 0 aliphatic carbocycles. The topological polar surface area (TPSA) is 48.1 Å². The first-order valence-electron chi connectivity index (χ1n) is 6.54. The second kappa shape index (κ2) is 4.53. The average Bonchev–Trinajstić information content (AvgIpc) is 2.28. The molecule has 0 aliphatic heterocycles. The summed E-state index contributed by atoms with van der Waals surface area (Å²) in [6.45, 7) is 11.1. The average molecular weight is 274 g/mol. The highest BCUT2D eigenvalue weighted by atomic mass is 28.4. The molecule has 0 bridgehead atoms. The van der Waals surface area contributed by atoms with Crippen molar-refractivity contribution in [2.24, 2.45) is 0 Å². The minimum absolute atomic E-state index is 0.171. The number of nitrogens with zero attached hydrogens (tertiary/aromatic N) is 1. The number of benzene rings is 1. The van der Waals surface area contributed by atoms with Gasteiger partial charge in [-0.2, -0.15) is 0 Å². The number of aromatic nitrogens is 1. The van der Waals surface area contributed by atoms with Gasteiger partial charge in [-0.15, -0.1) is 0 Å². The van der Waals surface area contributed by atoms with Crippen molar-refractivity contribution in [3.05, 3.63) is 30.5 Å². The van der Waals surface area contributed by atoms with E-state index >= 15 is 0 Å². The second-order valence-corrected chi connectivity index (χ2v) is 11.2. The maximum Gasteiger partial charge on any atom is 0.250 e. The summed E-state index contributed by atoms with van der Waals surface area (Å²) in [6.07, 6.45) is 1.79. The predicted molar refractivity (Wildman–Crippen MR) is 84.0 cm³/mol. The molecule has 0 spiro atoms. The zero-order valence-electron chi connectivity index (χ0n) is 12.3. The Morgan fingerprint density at radius 3 is 2.53 bits per heavy atom. The van der Waals surface area contributed by atoms with Crippen LogP contribution in [0.2, 0.25) is 18.1 Å². The maximum atomic E-state index is 6.25. The summed E-state index contributed by atoms with van der Waals surface area (Å²) in [7, 11) is -1.83. The molecule has 1 aromatic carbocycles. The Hall–Kier alpha value is -1.55. The summed E-state index contributed by atoms with van der Waals surface area (Å²) in [4.78, 5) is 4.43. The van der Waals surface area contributed by atoms with Gasteiger partial charge in [0.15, 0.2) is 0 Å². The van der Waals surface area contributed by atoms with Gasteiger partial charge in [0, 0.05) is 11.1 Å². The SMILES string of the molecule is CC(C)(C)[Si](C)(C)Oc1cnc2cccc(N)c2c1. The molecule has 0 amide bonds. The summed E-state index contributed by atoms with van der Waals surface area (Å²) in [5, 5.41) is 1.13. The molecule has 0 atom stereocenters. The Morgan fingerprint density at radius 2 is 1.89 bits per heavy atom. The smallest absolute Gasteiger partial charge is 0.250 e. The fourth-order valence-corrected chi connectivity index (χ4v) is 2.66. The first kappa shape index (κ1) is 13.9. The summed E-state index contributed by atoms with van der Waals surface area (Å²) in [5.74, 6) is 0.817. The zero-order valence-corrected chi connectivity index (χ0v) is 13.3. The van der Waals surface area contributed by atoms with Crippen LogP contribution < -0.4 is 10.2 Å². The first-order valence-corrected chi connectivity index (χ1v) is 9.45. The van der Waals surface area contributed by atoms with Gasteiger partial charge in [-0.05, 0) is 36.3 Å². The van der Waals surface area contributed by atoms with E-state index in [0.717, 1.165) is 22.3 Å². The number of anilines is 1. The largest absolute Gasteiger partial charge is 0.542 e. The number of hydrogen-bond donors (Lipinski definition) is 1. The number of rotatable bonds is 2. The molecule has 0 fully saturated rings. The Morgan fingerprint density at radius 1 is 1.21 bits per heavy atom. The van der Waals surface area contributed by atoms with E-state index < -0.39 is 8.32 Å². The van der Waals surface area contributed by atoms with Gasteiger partial charge in [-0.25, -0.2) is 0 Å². The molecule has 19 heavy (non-hydrogen) atoms. The van der Waals surface area contributed by atoms with Crippen molar-refractivity contribution in [2.75, 3.05) is 5.73 Å². The Bertz CT molecular complexity index is 603. The van der Waals surface area contributed by atoms with Crippen LogP contribution in [-0.4, -0.2) is 13.3 Å². The fraction of sp³-hybridized carbons (Fsp3) is 0.400. The van der Waals surface area contributed by atoms with Gasteiger partial charge in [-0.1, -0.05) is 26.8 Å². The molecule has 2 rings (SSSR count). The number of nitrogens with two attached hydrogens (primary N) is 1. The van der Waals surface area contributed by atoms with Gasteiger partial charge in [-0.3, -0.25) is 4.98 Å². The lowest BCUT2D eigenvalue weighted by Crippen LogP contribution is -2.43. The molecule has 0 unspecified atom stereocenters. The number of pyridine rings is 1. The molecule has 2 N–H and O–H groups in total. The summed E-state index contributed by atoms with van der Waals surface area (Å²) in [6, 6.07) is 7.76. The molecule has 0 saturated heterocycles.